The number of nitrogens with zero attached hydrogens (tertiary/aromatic N) is 3. The first-order chi connectivity index (χ1) is 8.83. The van der Waals surface area contributed by atoms with E-state index in [1.165, 1.54) is 12.8 Å². The zero-order valence-corrected chi connectivity index (χ0v) is 11.5. The molecule has 102 valence electrons. The smallest absolute Gasteiger partial charge is 0.230 e. The Morgan fingerprint density at radius 1 is 1.33 bits per heavy atom. The lowest BCUT2D eigenvalue weighted by Gasteiger charge is -2.33. The van der Waals surface area contributed by atoms with Crippen molar-refractivity contribution in [1.29, 1.82) is 0 Å². The van der Waals surface area contributed by atoms with Crippen LogP contribution in [0.25, 0.3) is 0 Å². The number of aromatic nitrogens is 2. The first kappa shape index (κ1) is 13.5. The van der Waals surface area contributed by atoms with Crippen LogP contribution in [0.4, 0.5) is 0 Å². The maximum absolute atomic E-state index is 5.62. The lowest BCUT2D eigenvalue weighted by atomic mass is 10.1. The molecule has 18 heavy (non-hydrogen) atoms. The minimum Gasteiger partial charge on any atom is -0.424 e. The summed E-state index contributed by atoms with van der Waals surface area (Å²) in [6, 6.07) is 0.607. The second-order valence-electron chi connectivity index (χ2n) is 4.91. The van der Waals surface area contributed by atoms with Crippen LogP contribution in [-0.4, -0.2) is 40.8 Å². The molecule has 1 saturated heterocycles. The Morgan fingerprint density at radius 2 is 2.17 bits per heavy atom. The van der Waals surface area contributed by atoms with E-state index in [0.29, 0.717) is 6.04 Å². The van der Waals surface area contributed by atoms with Gasteiger partial charge in [-0.1, -0.05) is 13.8 Å². The second-order valence-corrected chi connectivity index (χ2v) is 4.91. The van der Waals surface area contributed by atoms with Gasteiger partial charge in [-0.15, -0.1) is 10.2 Å². The van der Waals surface area contributed by atoms with Gasteiger partial charge in [0.05, 0.1) is 6.54 Å². The van der Waals surface area contributed by atoms with Crippen LogP contribution in [0.2, 0.25) is 0 Å². The Kier molecular flexibility index (Phi) is 5.13. The predicted octanol–water partition coefficient (Wildman–Crippen LogP) is 1.60. The zero-order chi connectivity index (χ0) is 12.8. The van der Waals surface area contributed by atoms with Crippen LogP contribution in [0, 0.1) is 0 Å². The van der Waals surface area contributed by atoms with Gasteiger partial charge in [0.2, 0.25) is 11.8 Å². The lowest BCUT2D eigenvalue weighted by Crippen LogP contribution is -2.45. The van der Waals surface area contributed by atoms with Gasteiger partial charge in [0.25, 0.3) is 0 Å². The third-order valence-electron chi connectivity index (χ3n) is 3.45. The standard InChI is InChI=1S/C13H24N4O/c1-3-8-17(11-6-5-7-14-9-11)10-13-16-15-12(4-2)18-13/h11,14H,3-10H2,1-2H3. The third-order valence-corrected chi connectivity index (χ3v) is 3.45. The summed E-state index contributed by atoms with van der Waals surface area (Å²) in [5.41, 5.74) is 0. The van der Waals surface area contributed by atoms with Gasteiger partial charge in [0.1, 0.15) is 0 Å². The quantitative estimate of drug-likeness (QED) is 0.833. The van der Waals surface area contributed by atoms with Gasteiger partial charge >= 0.3 is 0 Å². The molecule has 1 aromatic rings. The molecule has 1 unspecified atom stereocenters. The Hall–Kier alpha value is -0.940. The van der Waals surface area contributed by atoms with E-state index in [2.05, 4.69) is 27.3 Å². The summed E-state index contributed by atoms with van der Waals surface area (Å²) in [5, 5.41) is 11.6. The number of rotatable bonds is 6. The maximum Gasteiger partial charge on any atom is 0.230 e. The summed E-state index contributed by atoms with van der Waals surface area (Å²) in [7, 11) is 0. The Labute approximate surface area is 109 Å². The summed E-state index contributed by atoms with van der Waals surface area (Å²) in [6.07, 6.45) is 4.49. The highest BCUT2D eigenvalue weighted by molar-refractivity contribution is 4.85. The fourth-order valence-corrected chi connectivity index (χ4v) is 2.49. The molecule has 0 aromatic carbocycles. The Bertz CT molecular complexity index is 347. The van der Waals surface area contributed by atoms with E-state index in [0.717, 1.165) is 50.8 Å². The van der Waals surface area contributed by atoms with Crippen LogP contribution in [0.3, 0.4) is 0 Å². The van der Waals surface area contributed by atoms with Crippen molar-refractivity contribution >= 4 is 0 Å². The van der Waals surface area contributed by atoms with Crippen molar-refractivity contribution in [1.82, 2.24) is 20.4 Å². The summed E-state index contributed by atoms with van der Waals surface area (Å²) in [4.78, 5) is 2.47. The molecule has 1 N–H and O–H groups in total. The maximum atomic E-state index is 5.62. The van der Waals surface area contributed by atoms with Crippen molar-refractivity contribution in [2.45, 2.75) is 52.1 Å². The molecule has 0 bridgehead atoms. The van der Waals surface area contributed by atoms with Crippen LogP contribution in [0.5, 0.6) is 0 Å². The van der Waals surface area contributed by atoms with Gasteiger partial charge < -0.3 is 9.73 Å². The number of aryl methyl sites for hydroxylation is 1. The molecule has 2 rings (SSSR count). The topological polar surface area (TPSA) is 54.2 Å². The first-order valence-corrected chi connectivity index (χ1v) is 7.09. The van der Waals surface area contributed by atoms with Gasteiger partial charge in [-0.05, 0) is 32.4 Å². The molecule has 1 aliphatic rings. The molecule has 0 aliphatic carbocycles. The van der Waals surface area contributed by atoms with Crippen LogP contribution in [0.1, 0.15) is 44.9 Å². The van der Waals surface area contributed by atoms with Gasteiger partial charge in [0.15, 0.2) is 0 Å². The average molecular weight is 252 g/mol. The van der Waals surface area contributed by atoms with Crippen LogP contribution in [0.15, 0.2) is 4.42 Å². The van der Waals surface area contributed by atoms with E-state index in [9.17, 15) is 0 Å². The molecule has 2 heterocycles. The van der Waals surface area contributed by atoms with E-state index in [1.807, 2.05) is 6.92 Å². The normalized spacial score (nSPS) is 20.5. The first-order valence-electron chi connectivity index (χ1n) is 7.09. The molecule has 5 heteroatoms. The van der Waals surface area contributed by atoms with Crippen molar-refractivity contribution in [2.75, 3.05) is 19.6 Å². The van der Waals surface area contributed by atoms with Crippen molar-refractivity contribution in [2.24, 2.45) is 0 Å². The molecule has 1 aliphatic heterocycles. The Balaban J connectivity index is 1.95. The molecule has 0 saturated carbocycles. The van der Waals surface area contributed by atoms with Crippen LogP contribution in [-0.2, 0) is 13.0 Å². The molecule has 5 nitrogen and oxygen atoms in total. The fourth-order valence-electron chi connectivity index (χ4n) is 2.49. The van der Waals surface area contributed by atoms with Crippen molar-refractivity contribution in [3.05, 3.63) is 11.8 Å². The van der Waals surface area contributed by atoms with Crippen molar-refractivity contribution in [3.8, 4) is 0 Å². The molecule has 1 aromatic heterocycles. The SMILES string of the molecule is CCCN(Cc1nnc(CC)o1)C1CCCNC1. The highest BCUT2D eigenvalue weighted by Gasteiger charge is 2.22. The van der Waals surface area contributed by atoms with Crippen molar-refractivity contribution < 1.29 is 4.42 Å². The van der Waals surface area contributed by atoms with Crippen LogP contribution < -0.4 is 5.32 Å². The minimum absolute atomic E-state index is 0.607. The lowest BCUT2D eigenvalue weighted by molar-refractivity contribution is 0.144. The number of hydrogen-bond donors (Lipinski definition) is 1. The molecule has 1 atom stereocenters. The minimum atomic E-state index is 0.607. The van der Waals surface area contributed by atoms with E-state index in [1.54, 1.807) is 0 Å². The highest BCUT2D eigenvalue weighted by Crippen LogP contribution is 2.14. The van der Waals surface area contributed by atoms with Gasteiger partial charge in [0, 0.05) is 19.0 Å². The number of hydrogen-bond acceptors (Lipinski definition) is 5. The summed E-state index contributed by atoms with van der Waals surface area (Å²) in [6.45, 7) is 8.36. The molecule has 0 radical (unpaired) electrons. The van der Waals surface area contributed by atoms with E-state index >= 15 is 0 Å². The summed E-state index contributed by atoms with van der Waals surface area (Å²) >= 11 is 0. The Morgan fingerprint density at radius 3 is 2.78 bits per heavy atom. The molecule has 0 spiro atoms. The average Bonchev–Trinajstić information content (AvgIpc) is 2.87. The molecular formula is C13H24N4O. The van der Waals surface area contributed by atoms with Gasteiger partial charge in [-0.2, -0.15) is 0 Å². The van der Waals surface area contributed by atoms with E-state index in [-0.39, 0.29) is 0 Å². The summed E-state index contributed by atoms with van der Waals surface area (Å²) in [5.74, 6) is 1.49. The molecule has 0 amide bonds. The third kappa shape index (κ3) is 3.53. The van der Waals surface area contributed by atoms with Gasteiger partial charge in [-0.25, -0.2) is 0 Å². The second kappa shape index (κ2) is 6.85. The van der Waals surface area contributed by atoms with Crippen molar-refractivity contribution in [3.63, 3.8) is 0 Å². The van der Waals surface area contributed by atoms with E-state index < -0.39 is 0 Å². The largest absolute Gasteiger partial charge is 0.424 e. The fraction of sp³-hybridized carbons (Fsp3) is 0.846. The predicted molar refractivity (Wildman–Crippen MR) is 70.3 cm³/mol. The summed E-state index contributed by atoms with van der Waals surface area (Å²) < 4.78 is 5.62. The van der Waals surface area contributed by atoms with E-state index in [4.69, 9.17) is 4.42 Å². The molecule has 1 fully saturated rings. The van der Waals surface area contributed by atoms with Gasteiger partial charge in [-0.3, -0.25) is 4.90 Å². The van der Waals surface area contributed by atoms with Crippen LogP contribution >= 0.6 is 0 Å². The number of piperidine rings is 1. The number of nitrogens with one attached hydrogen (secondary N) is 1. The highest BCUT2D eigenvalue weighted by atomic mass is 16.4. The molecular weight excluding hydrogens is 228 g/mol. The zero-order valence-electron chi connectivity index (χ0n) is 11.5. The monoisotopic (exact) mass is 252 g/mol.